The van der Waals surface area contributed by atoms with Gasteiger partial charge in [-0.15, -0.1) is 0 Å². The zero-order chi connectivity index (χ0) is 17.5. The molecule has 7 heteroatoms. The van der Waals surface area contributed by atoms with Gasteiger partial charge in [0.05, 0.1) is 6.33 Å². The van der Waals surface area contributed by atoms with Crippen LogP contribution < -0.4 is 10.6 Å². The number of imidazole rings is 1. The third kappa shape index (κ3) is 8.23. The van der Waals surface area contributed by atoms with E-state index in [1.165, 1.54) is 0 Å². The van der Waals surface area contributed by atoms with Gasteiger partial charge in [0.25, 0.3) is 0 Å². The average Bonchev–Trinajstić information content (AvgIpc) is 2.81. The van der Waals surface area contributed by atoms with Crippen LogP contribution in [0.3, 0.4) is 0 Å². The molecule has 2 N–H and O–H groups in total. The van der Waals surface area contributed by atoms with Gasteiger partial charge >= 0.3 is 6.09 Å². The number of alkyl carbamates (subject to hydrolysis) is 1. The standard InChI is InChI=1S/C16H28N4O3/c1-12(2)8-19-14(21)10-20-11-17-9-13(20)6-7-18-15(22)23-16(3,4)5/h9,11-12H,6-8,10H2,1-5H3,(H,18,22)(H,19,21). The van der Waals surface area contributed by atoms with Crippen LogP contribution in [0, 0.1) is 5.92 Å². The molecule has 130 valence electrons. The van der Waals surface area contributed by atoms with Crippen LogP contribution in [0.2, 0.25) is 0 Å². The Balaban J connectivity index is 2.40. The van der Waals surface area contributed by atoms with Crippen molar-refractivity contribution in [3.05, 3.63) is 18.2 Å². The van der Waals surface area contributed by atoms with Crippen molar-refractivity contribution in [3.63, 3.8) is 0 Å². The summed E-state index contributed by atoms with van der Waals surface area (Å²) in [5.41, 5.74) is 0.376. The molecule has 23 heavy (non-hydrogen) atoms. The van der Waals surface area contributed by atoms with Crippen LogP contribution >= 0.6 is 0 Å². The number of rotatable bonds is 7. The molecule has 0 radical (unpaired) electrons. The minimum Gasteiger partial charge on any atom is -0.444 e. The van der Waals surface area contributed by atoms with Gasteiger partial charge in [-0.1, -0.05) is 13.8 Å². The number of hydrogen-bond donors (Lipinski definition) is 2. The summed E-state index contributed by atoms with van der Waals surface area (Å²) in [4.78, 5) is 27.5. The average molecular weight is 324 g/mol. The van der Waals surface area contributed by atoms with E-state index in [2.05, 4.69) is 15.6 Å². The van der Waals surface area contributed by atoms with Crippen molar-refractivity contribution in [1.82, 2.24) is 20.2 Å². The first-order valence-corrected chi connectivity index (χ1v) is 7.90. The van der Waals surface area contributed by atoms with Gasteiger partial charge in [-0.25, -0.2) is 9.78 Å². The summed E-state index contributed by atoms with van der Waals surface area (Å²) < 4.78 is 6.95. The molecule has 0 aromatic carbocycles. The van der Waals surface area contributed by atoms with Crippen LogP contribution in [-0.4, -0.2) is 40.2 Å². The van der Waals surface area contributed by atoms with E-state index in [1.54, 1.807) is 17.1 Å². The lowest BCUT2D eigenvalue weighted by molar-refractivity contribution is -0.121. The van der Waals surface area contributed by atoms with Gasteiger partial charge in [0.2, 0.25) is 5.91 Å². The fraction of sp³-hybridized carbons (Fsp3) is 0.688. The Bertz CT molecular complexity index is 518. The van der Waals surface area contributed by atoms with Crippen molar-refractivity contribution >= 4 is 12.0 Å². The molecule has 1 heterocycles. The third-order valence-corrected chi connectivity index (χ3v) is 2.87. The lowest BCUT2D eigenvalue weighted by Gasteiger charge is -2.19. The molecule has 0 aliphatic rings. The first-order valence-electron chi connectivity index (χ1n) is 7.90. The second-order valence-electron chi connectivity index (χ2n) is 6.89. The van der Waals surface area contributed by atoms with Crippen molar-refractivity contribution < 1.29 is 14.3 Å². The van der Waals surface area contributed by atoms with E-state index >= 15 is 0 Å². The summed E-state index contributed by atoms with van der Waals surface area (Å²) in [6.07, 6.45) is 3.46. The van der Waals surface area contributed by atoms with Crippen molar-refractivity contribution in [2.75, 3.05) is 13.1 Å². The summed E-state index contributed by atoms with van der Waals surface area (Å²) in [5, 5.41) is 5.57. The minimum absolute atomic E-state index is 0.0435. The predicted octanol–water partition coefficient (Wildman–Crippen LogP) is 1.72. The second kappa shape index (κ2) is 8.55. The summed E-state index contributed by atoms with van der Waals surface area (Å²) >= 11 is 0. The van der Waals surface area contributed by atoms with E-state index in [1.807, 2.05) is 34.6 Å². The Morgan fingerprint density at radius 2 is 2.00 bits per heavy atom. The van der Waals surface area contributed by atoms with Gasteiger partial charge in [-0.05, 0) is 26.7 Å². The molecule has 0 atom stereocenters. The molecule has 2 amide bonds. The van der Waals surface area contributed by atoms with Gasteiger partial charge < -0.3 is 19.9 Å². The summed E-state index contributed by atoms with van der Waals surface area (Å²) in [6, 6.07) is 0. The first-order chi connectivity index (χ1) is 10.7. The molecule has 1 aromatic heterocycles. The lowest BCUT2D eigenvalue weighted by atomic mass is 10.2. The van der Waals surface area contributed by atoms with Crippen LogP contribution in [0.5, 0.6) is 0 Å². The molecule has 0 fully saturated rings. The van der Waals surface area contributed by atoms with Crippen molar-refractivity contribution in [2.45, 2.75) is 53.2 Å². The zero-order valence-corrected chi connectivity index (χ0v) is 14.7. The largest absolute Gasteiger partial charge is 0.444 e. The highest BCUT2D eigenvalue weighted by Crippen LogP contribution is 2.06. The number of carbonyl (C=O) groups excluding carboxylic acids is 2. The number of ether oxygens (including phenoxy) is 1. The minimum atomic E-state index is -0.514. The van der Waals surface area contributed by atoms with Crippen molar-refractivity contribution in [2.24, 2.45) is 5.92 Å². The number of hydrogen-bond acceptors (Lipinski definition) is 4. The molecule has 0 saturated carbocycles. The van der Waals surface area contributed by atoms with Gasteiger partial charge in [0.1, 0.15) is 12.1 Å². The molecule has 7 nitrogen and oxygen atoms in total. The number of aromatic nitrogens is 2. The normalized spacial score (nSPS) is 11.4. The third-order valence-electron chi connectivity index (χ3n) is 2.87. The highest BCUT2D eigenvalue weighted by atomic mass is 16.6. The molecule has 0 aliphatic carbocycles. The Hall–Kier alpha value is -2.05. The van der Waals surface area contributed by atoms with Crippen LogP contribution in [0.4, 0.5) is 4.79 Å². The summed E-state index contributed by atoms with van der Waals surface area (Å²) in [7, 11) is 0. The monoisotopic (exact) mass is 324 g/mol. The highest BCUT2D eigenvalue weighted by molar-refractivity contribution is 5.75. The Morgan fingerprint density at radius 3 is 2.61 bits per heavy atom. The van der Waals surface area contributed by atoms with Crippen LogP contribution in [0.1, 0.15) is 40.3 Å². The molecule has 0 unspecified atom stereocenters. The number of carbonyl (C=O) groups is 2. The van der Waals surface area contributed by atoms with Crippen molar-refractivity contribution in [1.29, 1.82) is 0 Å². The van der Waals surface area contributed by atoms with E-state index in [4.69, 9.17) is 4.74 Å². The number of amides is 2. The van der Waals surface area contributed by atoms with Gasteiger partial charge in [-0.3, -0.25) is 4.79 Å². The molecule has 1 rings (SSSR count). The first kappa shape index (κ1) is 19.0. The van der Waals surface area contributed by atoms with Crippen LogP contribution in [-0.2, 0) is 22.5 Å². The predicted molar refractivity (Wildman–Crippen MR) is 88.0 cm³/mol. The molecule has 0 aliphatic heterocycles. The molecule has 0 spiro atoms. The molecular weight excluding hydrogens is 296 g/mol. The van der Waals surface area contributed by atoms with E-state index in [0.29, 0.717) is 25.4 Å². The Kier molecular flexibility index (Phi) is 7.06. The highest BCUT2D eigenvalue weighted by Gasteiger charge is 2.15. The van der Waals surface area contributed by atoms with Crippen LogP contribution in [0.15, 0.2) is 12.5 Å². The van der Waals surface area contributed by atoms with E-state index in [-0.39, 0.29) is 12.5 Å². The fourth-order valence-electron chi connectivity index (χ4n) is 1.83. The molecule has 0 saturated heterocycles. The molecule has 1 aromatic rings. The number of nitrogens with zero attached hydrogens (tertiary/aromatic N) is 2. The Labute approximate surface area is 137 Å². The summed E-state index contributed by atoms with van der Waals surface area (Å²) in [6.45, 7) is 10.9. The maximum absolute atomic E-state index is 11.9. The lowest BCUT2D eigenvalue weighted by Crippen LogP contribution is -2.34. The smallest absolute Gasteiger partial charge is 0.407 e. The zero-order valence-electron chi connectivity index (χ0n) is 14.7. The topological polar surface area (TPSA) is 85.3 Å². The van der Waals surface area contributed by atoms with E-state index in [0.717, 1.165) is 5.69 Å². The van der Waals surface area contributed by atoms with Crippen molar-refractivity contribution in [3.8, 4) is 0 Å². The van der Waals surface area contributed by atoms with E-state index < -0.39 is 11.7 Å². The van der Waals surface area contributed by atoms with Gasteiger partial charge in [-0.2, -0.15) is 0 Å². The Morgan fingerprint density at radius 1 is 1.30 bits per heavy atom. The van der Waals surface area contributed by atoms with Gasteiger partial charge in [0.15, 0.2) is 0 Å². The number of nitrogens with one attached hydrogen (secondary N) is 2. The van der Waals surface area contributed by atoms with Crippen LogP contribution in [0.25, 0.3) is 0 Å². The second-order valence-corrected chi connectivity index (χ2v) is 6.89. The van der Waals surface area contributed by atoms with E-state index in [9.17, 15) is 9.59 Å². The SMILES string of the molecule is CC(C)CNC(=O)Cn1cncc1CCNC(=O)OC(C)(C)C. The fourth-order valence-corrected chi connectivity index (χ4v) is 1.83. The van der Waals surface area contributed by atoms with Gasteiger partial charge in [0, 0.05) is 31.4 Å². The summed E-state index contributed by atoms with van der Waals surface area (Å²) in [5.74, 6) is 0.372. The maximum Gasteiger partial charge on any atom is 0.407 e. The molecule has 0 bridgehead atoms. The molecular formula is C16H28N4O3. The quantitative estimate of drug-likeness (QED) is 0.800. The maximum atomic E-state index is 11.9.